The molecule has 11 heterocycles. The Bertz CT molecular complexity index is 6680. The topological polar surface area (TPSA) is 523 Å². The average Bonchev–Trinajstić information content (AvgIpc) is 1.77. The molecule has 142 heavy (non-hydrogen) atoms. The van der Waals surface area contributed by atoms with Crippen LogP contribution in [0, 0.1) is 23.7 Å². The van der Waals surface area contributed by atoms with Crippen LogP contribution in [-0.4, -0.2) is 167 Å². The van der Waals surface area contributed by atoms with E-state index >= 15 is 0 Å². The number of aromatic carboxylic acids is 1. The van der Waals surface area contributed by atoms with Crippen LogP contribution in [0.15, 0.2) is 221 Å². The minimum absolute atomic E-state index is 0.0672. The highest BCUT2D eigenvalue weighted by molar-refractivity contribution is 7.84. The number of ether oxygens (including phenoxy) is 8. The molecule has 5 aromatic carbocycles. The average molecular weight is 1960 g/mol. The van der Waals surface area contributed by atoms with E-state index < -0.39 is 29.2 Å². The van der Waals surface area contributed by atoms with Gasteiger partial charge >= 0.3 is 5.97 Å². The summed E-state index contributed by atoms with van der Waals surface area (Å²) in [6.45, 7) is 3.06. The molecule has 4 saturated carbocycles. The van der Waals surface area contributed by atoms with E-state index in [1.807, 2.05) is 47.9 Å². The first-order valence-corrected chi connectivity index (χ1v) is 48.4. The molecule has 10 N–H and O–H groups in total. The highest BCUT2D eigenvalue weighted by Gasteiger charge is 2.23. The van der Waals surface area contributed by atoms with Crippen molar-refractivity contribution in [1.29, 1.82) is 0 Å². The third-order valence-corrected chi connectivity index (χ3v) is 24.3. The summed E-state index contributed by atoms with van der Waals surface area (Å²) in [5, 5.41) is 35.1. The predicted molar refractivity (Wildman–Crippen MR) is 528 cm³/mol. The van der Waals surface area contributed by atoms with Gasteiger partial charge < -0.3 is 101 Å². The van der Waals surface area contributed by atoms with Gasteiger partial charge in [0.2, 0.25) is 6.39 Å². The Morgan fingerprint density at radius 2 is 0.669 bits per heavy atom. The van der Waals surface area contributed by atoms with Gasteiger partial charge in [0, 0.05) is 160 Å². The maximum atomic E-state index is 11.7. The van der Waals surface area contributed by atoms with Crippen LogP contribution in [0.3, 0.4) is 0 Å². The number of fused-ring (bicyclic) bond motifs is 5. The predicted octanol–water partition coefficient (Wildman–Crippen LogP) is 20.1. The number of anilines is 4. The number of aromatic nitrogens is 12. The molecule has 41 heteroatoms. The standard InChI is InChI=1S/C21H21N5O3.C21H24N4O3.C20H23N5O3.C20H21N3O4.C15H13N3O4S.C4H10O3/c1-2-4-14(5-3-1)12-23-21-25-17-7-6-15(11-19(17)29-21)28-16-8-9-22-18(10-16)20-26-24-13-27-20;1-22-20(26)18-11-16(9-10-23-18)27-15-7-8-17-19(12-15)28-21(25-17)24-13-14-5-3-2-4-6-14;21-25-19(26)17-10-15(8-9-22-17)27-14-6-7-16-18(11-14)28-20(24-16)23-12-13-4-2-1-3-5-13;24-19(25)17-10-15(8-9-21-17)26-14-6-7-16-18(11-14)27-20(23-16)22-12-13-4-2-1-3-5-13;1-16-14(19)12-7-10(5-6-17-12)21-9-3-4-11-13(8-9)22-15(18-11)23(2)20;1-5-4(6-2)7-3/h6-11,13-14H,1-5,12H2,(H,23,25);7-12,14H,2-6,13H2,1H3,(H,22,26)(H,24,25);6-11,13H,1-5,12,21H2,(H,23,24)(H,25,26);6-11,13H,1-5,12H2,(H,22,23)(H,24,25);3-8H,1-2H3,(H,16,19);4H,1-3H3. The number of oxazole rings is 5. The highest BCUT2D eigenvalue weighted by atomic mass is 32.2. The minimum Gasteiger partial charge on any atom is -0.477 e. The molecule has 0 aliphatic heterocycles. The number of hydrogen-bond acceptors (Lipinski definition) is 36. The minimum atomic E-state index is -1.29. The van der Waals surface area contributed by atoms with Crippen molar-refractivity contribution in [1.82, 2.24) is 76.1 Å². The van der Waals surface area contributed by atoms with E-state index in [1.54, 1.807) is 110 Å². The van der Waals surface area contributed by atoms with Crippen molar-refractivity contribution < 1.29 is 92.9 Å². The number of nitrogens with two attached hydrogens (primary N) is 1. The van der Waals surface area contributed by atoms with Gasteiger partial charge in [-0.1, -0.05) is 77.0 Å². The molecule has 0 spiro atoms. The van der Waals surface area contributed by atoms with Gasteiger partial charge in [0.25, 0.3) is 59.4 Å². The number of nitrogens with one attached hydrogen (secondary N) is 7. The third-order valence-electron chi connectivity index (χ3n) is 23.6. The Hall–Kier alpha value is -15.6. The lowest BCUT2D eigenvalue weighted by Gasteiger charge is -2.21. The SMILES string of the molecule is CNC(=O)c1cc(Oc2ccc3nc(NCC4CCCCC4)oc3c2)ccn1.CNC(=O)c1cc(Oc2ccc3nc(S(C)=O)oc3c2)ccn1.COC(OC)OC.NNC(=O)c1cc(Oc2ccc3nc(NCC4CCCCC4)oc3c2)ccn1.O=C(O)c1cc(Oc2ccc3nc(NCC4CCCCC4)oc3c2)ccn1.c1cc(Oc2ccc3nc(NCC4CCCCC4)oc3c2)cc(-c2nnco2)n1. The molecule has 3 amide bonds. The molecule has 1 atom stereocenters. The summed E-state index contributed by atoms with van der Waals surface area (Å²) in [5.74, 6) is 11.5. The summed E-state index contributed by atoms with van der Waals surface area (Å²) in [5.41, 5.74) is 10.0. The van der Waals surface area contributed by atoms with Gasteiger partial charge in [-0.25, -0.2) is 24.8 Å². The first-order valence-electron chi connectivity index (χ1n) is 46.9. The van der Waals surface area contributed by atoms with Crippen molar-refractivity contribution in [3.63, 3.8) is 0 Å². The van der Waals surface area contributed by atoms with Crippen molar-refractivity contribution in [2.45, 2.75) is 140 Å². The number of benzene rings is 5. The molecule has 742 valence electrons. The molecular formula is C101H112N20O20S. The molecule has 0 bridgehead atoms. The first kappa shape index (κ1) is 101. The molecule has 20 rings (SSSR count). The normalized spacial score (nSPS) is 14.2. The fourth-order valence-corrected chi connectivity index (χ4v) is 16.7. The first-order chi connectivity index (χ1) is 69.3. The Morgan fingerprint density at radius 3 is 0.958 bits per heavy atom. The number of methoxy groups -OCH3 is 3. The van der Waals surface area contributed by atoms with Crippen LogP contribution in [0.2, 0.25) is 0 Å². The van der Waals surface area contributed by atoms with Crippen molar-refractivity contribution in [3.8, 4) is 69.1 Å². The third kappa shape index (κ3) is 29.3. The summed E-state index contributed by atoms with van der Waals surface area (Å²) in [6.07, 6.45) is 36.4. The lowest BCUT2D eigenvalue weighted by atomic mass is 9.89. The van der Waals surface area contributed by atoms with Crippen LogP contribution in [-0.2, 0) is 25.0 Å². The van der Waals surface area contributed by atoms with E-state index in [2.05, 4.69) is 106 Å². The van der Waals surface area contributed by atoms with E-state index in [9.17, 15) is 23.4 Å². The van der Waals surface area contributed by atoms with Crippen LogP contribution < -0.4 is 66.9 Å². The van der Waals surface area contributed by atoms with Gasteiger partial charge in [-0.3, -0.25) is 39.7 Å². The number of hydrazine groups is 1. The zero-order valence-corrected chi connectivity index (χ0v) is 80.1. The number of nitrogens with zero attached hydrogens (tertiary/aromatic N) is 12. The van der Waals surface area contributed by atoms with Crippen molar-refractivity contribution >= 4 is 114 Å². The summed E-state index contributed by atoms with van der Waals surface area (Å²) in [6, 6.07) is 45.2. The molecule has 4 fully saturated rings. The monoisotopic (exact) mass is 1960 g/mol. The van der Waals surface area contributed by atoms with Crippen LogP contribution in [0.1, 0.15) is 170 Å². The number of carbonyl (C=O) groups excluding carboxylic acids is 3. The fraction of sp³-hybridized carbons (Fsp3) is 0.347. The number of carboxylic acids is 1. The number of pyridine rings is 5. The molecule has 4 aliphatic carbocycles. The second-order valence-electron chi connectivity index (χ2n) is 33.8. The molecule has 0 radical (unpaired) electrons. The van der Waals surface area contributed by atoms with Crippen LogP contribution >= 0.6 is 0 Å². The Balaban J connectivity index is 0.000000132. The Morgan fingerprint density at radius 1 is 0.380 bits per heavy atom. The second kappa shape index (κ2) is 50.8. The van der Waals surface area contributed by atoms with E-state index in [4.69, 9.17) is 61.1 Å². The number of rotatable bonds is 31. The van der Waals surface area contributed by atoms with Crippen molar-refractivity contribution in [2.75, 3.05) is 89.1 Å². The molecule has 1 unspecified atom stereocenters. The second-order valence-corrected chi connectivity index (χ2v) is 35.0. The molecule has 4 aliphatic rings. The van der Waals surface area contributed by atoms with Gasteiger partial charge in [-0.2, -0.15) is 19.9 Å². The fourth-order valence-electron chi connectivity index (χ4n) is 16.3. The zero-order valence-electron chi connectivity index (χ0n) is 79.3. The van der Waals surface area contributed by atoms with Crippen molar-refractivity contribution in [2.24, 2.45) is 29.5 Å². The Labute approximate surface area is 818 Å². The molecule has 11 aromatic heterocycles. The summed E-state index contributed by atoms with van der Waals surface area (Å²) in [7, 11) is 6.34. The number of hydrogen-bond donors (Lipinski definition) is 9. The smallest absolute Gasteiger partial charge is 0.354 e. The number of carboxylic acid groups (broad SMARTS) is 1. The van der Waals surface area contributed by atoms with E-state index in [0.29, 0.717) is 156 Å². The number of carbonyl (C=O) groups is 4. The van der Waals surface area contributed by atoms with Crippen LogP contribution in [0.4, 0.5) is 24.1 Å². The van der Waals surface area contributed by atoms with Gasteiger partial charge in [0.15, 0.2) is 33.6 Å². The van der Waals surface area contributed by atoms with E-state index in [0.717, 1.165) is 48.2 Å². The lowest BCUT2D eigenvalue weighted by Crippen LogP contribution is -2.30. The molecule has 0 saturated heterocycles. The van der Waals surface area contributed by atoms with E-state index in [1.165, 1.54) is 206 Å². The van der Waals surface area contributed by atoms with Gasteiger partial charge in [0.05, 0.1) is 0 Å². The largest absolute Gasteiger partial charge is 0.477 e. The van der Waals surface area contributed by atoms with Gasteiger partial charge in [0.1, 0.15) is 119 Å². The molecular weight excluding hydrogens is 1850 g/mol. The zero-order chi connectivity index (χ0) is 98.9. The summed E-state index contributed by atoms with van der Waals surface area (Å²) >= 11 is 0. The molecule has 16 aromatic rings. The lowest BCUT2D eigenvalue weighted by molar-refractivity contribution is -0.252. The van der Waals surface area contributed by atoms with Gasteiger partial charge in [-0.15, -0.1) is 10.2 Å². The molecule has 40 nitrogen and oxygen atoms in total. The summed E-state index contributed by atoms with van der Waals surface area (Å²) in [4.78, 5) is 87.9. The van der Waals surface area contributed by atoms with Crippen LogP contribution in [0.5, 0.6) is 57.5 Å². The van der Waals surface area contributed by atoms with Gasteiger partial charge in [-0.05, 0) is 166 Å². The Kier molecular flexibility index (Phi) is 36.1. The maximum absolute atomic E-state index is 11.7. The quantitative estimate of drug-likeness (QED) is 0.00843. The van der Waals surface area contributed by atoms with Crippen LogP contribution in [0.25, 0.3) is 67.1 Å². The van der Waals surface area contributed by atoms with Crippen molar-refractivity contribution in [3.05, 3.63) is 212 Å². The van der Waals surface area contributed by atoms with E-state index in [-0.39, 0.29) is 34.1 Å². The summed E-state index contributed by atoms with van der Waals surface area (Å²) < 4.78 is 88.2. The number of nitrogen functional groups attached to an aromatic ring is 1. The highest BCUT2D eigenvalue weighted by Crippen LogP contribution is 2.37. The number of amides is 3. The maximum Gasteiger partial charge on any atom is 0.354 e.